The van der Waals surface area contributed by atoms with Crippen LogP contribution in [0.1, 0.15) is 20.8 Å². The Balaban J connectivity index is 2.67. The molecular weight excluding hydrogens is 176 g/mol. The van der Waals surface area contributed by atoms with Gasteiger partial charge in [0.2, 0.25) is 0 Å². The summed E-state index contributed by atoms with van der Waals surface area (Å²) in [5.74, 6) is 1.60. The largest absolute Gasteiger partial charge is 0.493 e. The Morgan fingerprint density at radius 2 is 1.64 bits per heavy atom. The molecule has 0 bridgehead atoms. The Morgan fingerprint density at radius 1 is 1.07 bits per heavy atom. The number of methoxy groups -OCH3 is 1. The summed E-state index contributed by atoms with van der Waals surface area (Å²) in [7, 11) is 1.65. The SMILES string of the molecule is COc1ccccc1OCC(C)(C)C. The molecule has 0 aliphatic carbocycles. The van der Waals surface area contributed by atoms with Crippen LogP contribution < -0.4 is 9.47 Å². The molecule has 0 aliphatic rings. The van der Waals surface area contributed by atoms with Gasteiger partial charge >= 0.3 is 0 Å². The third-order valence-electron chi connectivity index (χ3n) is 1.73. The predicted octanol–water partition coefficient (Wildman–Crippen LogP) is 3.12. The predicted molar refractivity (Wildman–Crippen MR) is 57.9 cm³/mol. The van der Waals surface area contributed by atoms with Gasteiger partial charge in [-0.15, -0.1) is 0 Å². The summed E-state index contributed by atoms with van der Waals surface area (Å²) in [4.78, 5) is 0. The van der Waals surface area contributed by atoms with Crippen molar-refractivity contribution in [1.29, 1.82) is 0 Å². The van der Waals surface area contributed by atoms with Gasteiger partial charge in [0.05, 0.1) is 13.7 Å². The maximum absolute atomic E-state index is 5.67. The monoisotopic (exact) mass is 194 g/mol. The minimum absolute atomic E-state index is 0.168. The first-order chi connectivity index (χ1) is 6.53. The highest BCUT2D eigenvalue weighted by Gasteiger charge is 2.12. The number of hydrogen-bond donors (Lipinski definition) is 0. The van der Waals surface area contributed by atoms with Gasteiger partial charge < -0.3 is 9.47 Å². The maximum atomic E-state index is 5.67. The lowest BCUT2D eigenvalue weighted by molar-refractivity contribution is 0.191. The molecule has 1 aromatic carbocycles. The van der Waals surface area contributed by atoms with E-state index in [1.807, 2.05) is 24.3 Å². The number of para-hydroxylation sites is 2. The molecule has 0 atom stereocenters. The molecule has 0 spiro atoms. The number of hydrogen-bond acceptors (Lipinski definition) is 2. The zero-order chi connectivity index (χ0) is 10.6. The van der Waals surface area contributed by atoms with E-state index in [0.717, 1.165) is 11.5 Å². The lowest BCUT2D eigenvalue weighted by Gasteiger charge is -2.19. The molecule has 0 saturated carbocycles. The van der Waals surface area contributed by atoms with Crippen LogP contribution in [0.25, 0.3) is 0 Å². The number of benzene rings is 1. The van der Waals surface area contributed by atoms with E-state index in [1.165, 1.54) is 0 Å². The Kier molecular flexibility index (Phi) is 3.39. The number of rotatable bonds is 3. The average molecular weight is 194 g/mol. The smallest absolute Gasteiger partial charge is 0.161 e. The molecule has 1 rings (SSSR count). The minimum atomic E-state index is 0.168. The van der Waals surface area contributed by atoms with Crippen molar-refractivity contribution in [3.8, 4) is 11.5 Å². The van der Waals surface area contributed by atoms with Gasteiger partial charge in [-0.1, -0.05) is 32.9 Å². The standard InChI is InChI=1S/C12H18O2/c1-12(2,3)9-14-11-8-6-5-7-10(11)13-4/h5-8H,9H2,1-4H3. The summed E-state index contributed by atoms with van der Waals surface area (Å²) in [6.07, 6.45) is 0. The summed E-state index contributed by atoms with van der Waals surface area (Å²) in [6, 6.07) is 7.70. The summed E-state index contributed by atoms with van der Waals surface area (Å²) in [6.45, 7) is 7.11. The molecular formula is C12H18O2. The fourth-order valence-corrected chi connectivity index (χ4v) is 1.03. The van der Waals surface area contributed by atoms with Gasteiger partial charge in [0, 0.05) is 0 Å². The lowest BCUT2D eigenvalue weighted by atomic mass is 9.99. The topological polar surface area (TPSA) is 18.5 Å². The molecule has 0 saturated heterocycles. The van der Waals surface area contributed by atoms with Crippen LogP contribution in [-0.4, -0.2) is 13.7 Å². The normalized spacial score (nSPS) is 11.1. The first-order valence-corrected chi connectivity index (χ1v) is 4.79. The van der Waals surface area contributed by atoms with E-state index in [9.17, 15) is 0 Å². The summed E-state index contributed by atoms with van der Waals surface area (Å²) < 4.78 is 10.9. The molecule has 0 aromatic heterocycles. The fraction of sp³-hybridized carbons (Fsp3) is 0.500. The van der Waals surface area contributed by atoms with Crippen LogP contribution in [0.2, 0.25) is 0 Å². The van der Waals surface area contributed by atoms with Gasteiger partial charge in [0.25, 0.3) is 0 Å². The fourth-order valence-electron chi connectivity index (χ4n) is 1.03. The summed E-state index contributed by atoms with van der Waals surface area (Å²) in [5, 5.41) is 0. The molecule has 0 N–H and O–H groups in total. The highest BCUT2D eigenvalue weighted by Crippen LogP contribution is 2.27. The van der Waals surface area contributed by atoms with E-state index in [4.69, 9.17) is 9.47 Å². The van der Waals surface area contributed by atoms with E-state index in [0.29, 0.717) is 6.61 Å². The van der Waals surface area contributed by atoms with Gasteiger partial charge in [0.15, 0.2) is 11.5 Å². The third kappa shape index (κ3) is 3.29. The second-order valence-electron chi connectivity index (χ2n) is 4.50. The van der Waals surface area contributed by atoms with Crippen molar-refractivity contribution in [1.82, 2.24) is 0 Å². The first kappa shape index (κ1) is 10.9. The quantitative estimate of drug-likeness (QED) is 0.736. The highest BCUT2D eigenvalue weighted by molar-refractivity contribution is 5.39. The van der Waals surface area contributed by atoms with E-state index >= 15 is 0 Å². The lowest BCUT2D eigenvalue weighted by Crippen LogP contribution is -2.17. The molecule has 14 heavy (non-hydrogen) atoms. The number of ether oxygens (including phenoxy) is 2. The van der Waals surface area contributed by atoms with Crippen molar-refractivity contribution in [2.45, 2.75) is 20.8 Å². The molecule has 2 nitrogen and oxygen atoms in total. The van der Waals surface area contributed by atoms with Gasteiger partial charge in [-0.05, 0) is 17.5 Å². The second kappa shape index (κ2) is 4.36. The highest BCUT2D eigenvalue weighted by atomic mass is 16.5. The Labute approximate surface area is 85.8 Å². The van der Waals surface area contributed by atoms with Crippen LogP contribution in [-0.2, 0) is 0 Å². The van der Waals surface area contributed by atoms with Crippen LogP contribution in [0, 0.1) is 5.41 Å². The van der Waals surface area contributed by atoms with Crippen molar-refractivity contribution < 1.29 is 9.47 Å². The van der Waals surface area contributed by atoms with Gasteiger partial charge in [-0.3, -0.25) is 0 Å². The average Bonchev–Trinajstić information content (AvgIpc) is 2.14. The van der Waals surface area contributed by atoms with Crippen molar-refractivity contribution in [2.24, 2.45) is 5.41 Å². The summed E-state index contributed by atoms with van der Waals surface area (Å²) >= 11 is 0. The molecule has 0 unspecified atom stereocenters. The molecule has 0 radical (unpaired) electrons. The molecule has 0 fully saturated rings. The zero-order valence-corrected chi connectivity index (χ0v) is 9.33. The third-order valence-corrected chi connectivity index (χ3v) is 1.73. The van der Waals surface area contributed by atoms with Crippen molar-refractivity contribution in [3.05, 3.63) is 24.3 Å². The van der Waals surface area contributed by atoms with Gasteiger partial charge in [0.1, 0.15) is 0 Å². The molecule has 0 heterocycles. The van der Waals surface area contributed by atoms with Crippen molar-refractivity contribution in [3.63, 3.8) is 0 Å². The second-order valence-corrected chi connectivity index (χ2v) is 4.50. The van der Waals surface area contributed by atoms with Crippen LogP contribution in [0.4, 0.5) is 0 Å². The van der Waals surface area contributed by atoms with Crippen molar-refractivity contribution >= 4 is 0 Å². The van der Waals surface area contributed by atoms with Crippen molar-refractivity contribution in [2.75, 3.05) is 13.7 Å². The molecule has 1 aromatic rings. The Hall–Kier alpha value is -1.18. The molecule has 0 amide bonds. The molecule has 78 valence electrons. The van der Waals surface area contributed by atoms with Crippen LogP contribution in [0.3, 0.4) is 0 Å². The Morgan fingerprint density at radius 3 is 2.14 bits per heavy atom. The van der Waals surface area contributed by atoms with Gasteiger partial charge in [-0.25, -0.2) is 0 Å². The minimum Gasteiger partial charge on any atom is -0.493 e. The first-order valence-electron chi connectivity index (χ1n) is 4.79. The molecule has 0 aliphatic heterocycles. The zero-order valence-electron chi connectivity index (χ0n) is 9.33. The van der Waals surface area contributed by atoms with Crippen LogP contribution in [0.5, 0.6) is 11.5 Å². The molecule has 2 heteroatoms. The van der Waals surface area contributed by atoms with E-state index in [2.05, 4.69) is 20.8 Å². The van der Waals surface area contributed by atoms with Crippen LogP contribution in [0.15, 0.2) is 24.3 Å². The maximum Gasteiger partial charge on any atom is 0.161 e. The van der Waals surface area contributed by atoms with E-state index in [1.54, 1.807) is 7.11 Å². The van der Waals surface area contributed by atoms with E-state index < -0.39 is 0 Å². The summed E-state index contributed by atoms with van der Waals surface area (Å²) in [5.41, 5.74) is 0.168. The van der Waals surface area contributed by atoms with Gasteiger partial charge in [-0.2, -0.15) is 0 Å². The van der Waals surface area contributed by atoms with E-state index in [-0.39, 0.29) is 5.41 Å². The van der Waals surface area contributed by atoms with Crippen LogP contribution >= 0.6 is 0 Å². The Bertz CT molecular complexity index is 287.